The molecule has 1 amide bonds. The van der Waals surface area contributed by atoms with Gasteiger partial charge in [0.2, 0.25) is 0 Å². The summed E-state index contributed by atoms with van der Waals surface area (Å²) in [6, 6.07) is 8.92. The summed E-state index contributed by atoms with van der Waals surface area (Å²) in [5.74, 6) is 0.653. The first kappa shape index (κ1) is 26.2. The second-order valence-corrected chi connectivity index (χ2v) is 10.7. The van der Waals surface area contributed by atoms with E-state index in [4.69, 9.17) is 33.7 Å². The van der Waals surface area contributed by atoms with Gasteiger partial charge >= 0.3 is 0 Å². The Kier molecular flexibility index (Phi) is 8.61. The number of nitrogens with two attached hydrogens (primary N) is 1. The third-order valence-electron chi connectivity index (χ3n) is 7.42. The maximum atomic E-state index is 12.5. The van der Waals surface area contributed by atoms with Gasteiger partial charge in [0.1, 0.15) is 5.75 Å². The lowest BCUT2D eigenvalue weighted by molar-refractivity contribution is -0.0647. The zero-order valence-electron chi connectivity index (χ0n) is 20.4. The number of ether oxygens (including phenoxy) is 1. The van der Waals surface area contributed by atoms with Crippen molar-refractivity contribution in [1.29, 1.82) is 0 Å². The van der Waals surface area contributed by atoms with Crippen LogP contribution in [0.15, 0.2) is 30.3 Å². The first-order valence-electron chi connectivity index (χ1n) is 12.4. The van der Waals surface area contributed by atoms with Gasteiger partial charge in [0.15, 0.2) is 0 Å². The minimum absolute atomic E-state index is 0.0293. The molecule has 4 rings (SSSR count). The number of piperidine rings is 1. The van der Waals surface area contributed by atoms with Crippen molar-refractivity contribution >= 4 is 29.1 Å². The number of phenolic OH excluding ortho intramolecular Hbond substituents is 1. The smallest absolute Gasteiger partial charge is 0.253 e. The highest BCUT2D eigenvalue weighted by molar-refractivity contribution is 6.36. The molecule has 3 atom stereocenters. The van der Waals surface area contributed by atoms with E-state index in [1.165, 1.54) is 0 Å². The van der Waals surface area contributed by atoms with Crippen molar-refractivity contribution in [3.63, 3.8) is 0 Å². The Labute approximate surface area is 217 Å². The molecule has 0 spiro atoms. The number of aryl methyl sites for hydroxylation is 1. The molecule has 2 aromatic carbocycles. The largest absolute Gasteiger partial charge is 0.507 e. The predicted octanol–water partition coefficient (Wildman–Crippen LogP) is 4.87. The summed E-state index contributed by atoms with van der Waals surface area (Å²) >= 11 is 12.1. The molecule has 2 heterocycles. The van der Waals surface area contributed by atoms with Crippen LogP contribution in [0, 0.1) is 12.8 Å². The number of hydrogen-bond acceptors (Lipinski definition) is 5. The molecule has 0 aliphatic carbocycles. The second-order valence-electron chi connectivity index (χ2n) is 9.87. The molecule has 0 bridgehead atoms. The summed E-state index contributed by atoms with van der Waals surface area (Å²) in [7, 11) is 0. The van der Waals surface area contributed by atoms with Crippen LogP contribution in [0.1, 0.15) is 59.3 Å². The molecule has 35 heavy (non-hydrogen) atoms. The fourth-order valence-electron chi connectivity index (χ4n) is 5.25. The molecule has 6 nitrogen and oxygen atoms in total. The molecule has 190 valence electrons. The van der Waals surface area contributed by atoms with E-state index in [0.717, 1.165) is 62.0 Å². The average molecular weight is 521 g/mol. The van der Waals surface area contributed by atoms with E-state index in [1.807, 2.05) is 26.0 Å². The Morgan fingerprint density at radius 3 is 2.69 bits per heavy atom. The van der Waals surface area contributed by atoms with Crippen LogP contribution < -0.4 is 11.1 Å². The normalized spacial score (nSPS) is 22.0. The van der Waals surface area contributed by atoms with Crippen LogP contribution in [-0.2, 0) is 11.2 Å². The van der Waals surface area contributed by atoms with Crippen LogP contribution in [-0.4, -0.2) is 54.2 Å². The predicted molar refractivity (Wildman–Crippen MR) is 140 cm³/mol. The van der Waals surface area contributed by atoms with Gasteiger partial charge in [-0.05, 0) is 81.4 Å². The Hall–Kier alpha value is -1.83. The molecule has 3 unspecified atom stereocenters. The fraction of sp³-hybridized carbons (Fsp3) is 0.519. The monoisotopic (exact) mass is 519 g/mol. The number of likely N-dealkylation sites (tertiary alicyclic amines) is 1. The van der Waals surface area contributed by atoms with Crippen molar-refractivity contribution in [3.8, 4) is 5.75 Å². The number of benzene rings is 2. The maximum absolute atomic E-state index is 12.5. The molecule has 0 radical (unpaired) electrons. The molecule has 4 N–H and O–H groups in total. The van der Waals surface area contributed by atoms with E-state index in [-0.39, 0.29) is 24.2 Å². The van der Waals surface area contributed by atoms with Crippen LogP contribution in [0.4, 0.5) is 0 Å². The molecule has 1 saturated heterocycles. The molecule has 0 aromatic heterocycles. The van der Waals surface area contributed by atoms with E-state index >= 15 is 0 Å². The number of nitrogens with zero attached hydrogens (tertiary/aromatic N) is 1. The maximum Gasteiger partial charge on any atom is 0.253 e. The first-order valence-corrected chi connectivity index (χ1v) is 13.2. The number of halogens is 2. The summed E-state index contributed by atoms with van der Waals surface area (Å²) in [4.78, 5) is 15.0. The van der Waals surface area contributed by atoms with Crippen molar-refractivity contribution in [3.05, 3.63) is 62.6 Å². The summed E-state index contributed by atoms with van der Waals surface area (Å²) in [5.41, 5.74) is 9.39. The van der Waals surface area contributed by atoms with Gasteiger partial charge in [-0.15, -0.1) is 0 Å². The third kappa shape index (κ3) is 6.12. The van der Waals surface area contributed by atoms with Gasteiger partial charge in [-0.3, -0.25) is 4.79 Å². The van der Waals surface area contributed by atoms with Gasteiger partial charge < -0.3 is 25.8 Å². The van der Waals surface area contributed by atoms with Gasteiger partial charge in [-0.1, -0.05) is 35.3 Å². The number of phenols is 1. The molecule has 2 aliphatic heterocycles. The quantitative estimate of drug-likeness (QED) is 0.485. The summed E-state index contributed by atoms with van der Waals surface area (Å²) in [6.07, 6.45) is 3.60. The minimum atomic E-state index is -0.180. The van der Waals surface area contributed by atoms with Crippen molar-refractivity contribution in [2.45, 2.75) is 57.8 Å². The van der Waals surface area contributed by atoms with Crippen molar-refractivity contribution < 1.29 is 14.6 Å². The number of aromatic hydroxyl groups is 1. The van der Waals surface area contributed by atoms with E-state index in [2.05, 4.69) is 10.2 Å². The lowest BCUT2D eigenvalue weighted by Crippen LogP contribution is -2.43. The van der Waals surface area contributed by atoms with Gasteiger partial charge in [0.25, 0.3) is 5.91 Å². The minimum Gasteiger partial charge on any atom is -0.507 e. The van der Waals surface area contributed by atoms with Crippen LogP contribution in [0.2, 0.25) is 10.0 Å². The zero-order valence-corrected chi connectivity index (χ0v) is 21.9. The standard InChI is InChI=1S/C27H35Cl2N3O3/c1-16-3-5-20-22(26(16)33)14-24(35-25(20)15-30)18-8-11-32(12-9-18)10-7-17(2)31-27(34)21-6-4-19(28)13-23(21)29/h3-6,13,17-18,24-25,33H,7-12,14-15,30H2,1-2H3,(H,31,34). The molecule has 2 aromatic rings. The van der Waals surface area contributed by atoms with Gasteiger partial charge in [0, 0.05) is 36.1 Å². The highest BCUT2D eigenvalue weighted by Crippen LogP contribution is 2.40. The number of carbonyl (C=O) groups excluding carboxylic acids is 1. The number of nitrogens with one attached hydrogen (secondary N) is 1. The van der Waals surface area contributed by atoms with Gasteiger partial charge in [-0.2, -0.15) is 0 Å². The topological polar surface area (TPSA) is 87.8 Å². The first-order chi connectivity index (χ1) is 16.8. The molecular weight excluding hydrogens is 485 g/mol. The highest BCUT2D eigenvalue weighted by atomic mass is 35.5. The van der Waals surface area contributed by atoms with Crippen LogP contribution >= 0.6 is 23.2 Å². The number of hydrogen-bond donors (Lipinski definition) is 3. The molecule has 2 aliphatic rings. The zero-order chi connectivity index (χ0) is 25.1. The molecular formula is C27H35Cl2N3O3. The van der Waals surface area contributed by atoms with Crippen molar-refractivity contribution in [1.82, 2.24) is 10.2 Å². The number of amides is 1. The van der Waals surface area contributed by atoms with Crippen molar-refractivity contribution in [2.24, 2.45) is 11.7 Å². The lowest BCUT2D eigenvalue weighted by atomic mass is 9.83. The van der Waals surface area contributed by atoms with E-state index < -0.39 is 0 Å². The Balaban J connectivity index is 1.26. The van der Waals surface area contributed by atoms with Crippen LogP contribution in [0.3, 0.4) is 0 Å². The van der Waals surface area contributed by atoms with E-state index in [9.17, 15) is 9.90 Å². The van der Waals surface area contributed by atoms with Gasteiger partial charge in [-0.25, -0.2) is 0 Å². The summed E-state index contributed by atoms with van der Waals surface area (Å²) in [6.45, 7) is 7.27. The van der Waals surface area contributed by atoms with Crippen LogP contribution in [0.5, 0.6) is 5.75 Å². The Bertz CT molecular complexity index is 1060. The third-order valence-corrected chi connectivity index (χ3v) is 7.96. The number of rotatable bonds is 7. The summed E-state index contributed by atoms with van der Waals surface area (Å²) in [5, 5.41) is 14.6. The Morgan fingerprint density at radius 1 is 1.26 bits per heavy atom. The molecule has 8 heteroatoms. The molecule has 1 fully saturated rings. The van der Waals surface area contributed by atoms with Crippen molar-refractivity contribution in [2.75, 3.05) is 26.2 Å². The van der Waals surface area contributed by atoms with Crippen LogP contribution in [0.25, 0.3) is 0 Å². The van der Waals surface area contributed by atoms with E-state index in [1.54, 1.807) is 18.2 Å². The van der Waals surface area contributed by atoms with E-state index in [0.29, 0.717) is 33.8 Å². The SMILES string of the molecule is Cc1ccc2c(c1O)CC(C1CCN(CCC(C)NC(=O)c3ccc(Cl)cc3Cl)CC1)OC2CN. The summed E-state index contributed by atoms with van der Waals surface area (Å²) < 4.78 is 6.41. The number of carbonyl (C=O) groups is 1. The molecule has 0 saturated carbocycles. The fourth-order valence-corrected chi connectivity index (χ4v) is 5.75. The number of fused-ring (bicyclic) bond motifs is 1. The average Bonchev–Trinajstić information content (AvgIpc) is 2.84. The van der Waals surface area contributed by atoms with Gasteiger partial charge in [0.05, 0.1) is 22.8 Å². The Morgan fingerprint density at radius 2 is 2.00 bits per heavy atom. The second kappa shape index (κ2) is 11.5. The highest BCUT2D eigenvalue weighted by Gasteiger charge is 2.35. The lowest BCUT2D eigenvalue weighted by Gasteiger charge is -2.40.